The Hall–Kier alpha value is -8.46. The molecular formula is C62H42N2. The van der Waals surface area contributed by atoms with Gasteiger partial charge in [-0.3, -0.25) is 0 Å². The molecule has 11 aromatic carbocycles. The van der Waals surface area contributed by atoms with Crippen LogP contribution in [0.2, 0.25) is 0 Å². The Morgan fingerprint density at radius 2 is 0.719 bits per heavy atom. The Morgan fingerprint density at radius 3 is 1.34 bits per heavy atom. The fraction of sp³-hybridized carbons (Fsp3) is 0. The smallest absolute Gasteiger partial charge is 0.0547 e. The first-order valence-corrected chi connectivity index (χ1v) is 22.0. The normalized spacial score (nSPS) is 11.4. The van der Waals surface area contributed by atoms with Crippen LogP contribution in [0.25, 0.3) is 93.5 Å². The summed E-state index contributed by atoms with van der Waals surface area (Å²) in [5.41, 5.74) is 16.4. The van der Waals surface area contributed by atoms with Gasteiger partial charge in [-0.25, -0.2) is 0 Å². The lowest BCUT2D eigenvalue weighted by molar-refractivity contribution is 1.20. The Morgan fingerprint density at radius 1 is 0.266 bits per heavy atom. The second kappa shape index (κ2) is 15.8. The van der Waals surface area contributed by atoms with E-state index in [2.05, 4.69) is 264 Å². The van der Waals surface area contributed by atoms with Crippen LogP contribution in [-0.2, 0) is 0 Å². The summed E-state index contributed by atoms with van der Waals surface area (Å²) in [4.78, 5) is 2.38. The molecule has 0 amide bonds. The van der Waals surface area contributed by atoms with E-state index in [0.717, 1.165) is 22.6 Å². The molecule has 0 spiro atoms. The first-order chi connectivity index (χ1) is 31.7. The van der Waals surface area contributed by atoms with Gasteiger partial charge < -0.3 is 9.47 Å². The Bertz CT molecular complexity index is 3620. The molecule has 0 bridgehead atoms. The van der Waals surface area contributed by atoms with Crippen molar-refractivity contribution in [1.29, 1.82) is 0 Å². The maximum atomic E-state index is 2.48. The van der Waals surface area contributed by atoms with Gasteiger partial charge in [-0.15, -0.1) is 0 Å². The standard InChI is InChI=1S/C62H42N2/c1-3-15-43(16-4-1)45-29-31-46(32-30-45)48-35-39-52(40-36-48)63(51-37-33-47(34-38-51)44-17-5-2-6-18-44)53-21-13-20-49(41-53)55-26-14-28-60-62(55)58-25-11-12-27-59(58)64(60)61-42-50-19-7-8-22-54(50)56-23-9-10-24-57(56)61/h1-42H. The Labute approximate surface area is 373 Å². The van der Waals surface area contributed by atoms with Crippen LogP contribution >= 0.6 is 0 Å². The van der Waals surface area contributed by atoms with Crippen molar-refractivity contribution in [3.05, 3.63) is 255 Å². The molecule has 0 atom stereocenters. The van der Waals surface area contributed by atoms with Gasteiger partial charge in [-0.1, -0.05) is 200 Å². The third-order valence-electron chi connectivity index (χ3n) is 12.8. The lowest BCUT2D eigenvalue weighted by Gasteiger charge is -2.26. The molecule has 300 valence electrons. The van der Waals surface area contributed by atoms with E-state index >= 15 is 0 Å². The van der Waals surface area contributed by atoms with Crippen LogP contribution in [-0.4, -0.2) is 4.57 Å². The van der Waals surface area contributed by atoms with Gasteiger partial charge in [0, 0.05) is 33.2 Å². The van der Waals surface area contributed by atoms with Crippen LogP contribution in [0, 0.1) is 0 Å². The zero-order valence-corrected chi connectivity index (χ0v) is 35.1. The number of aromatic nitrogens is 1. The highest BCUT2D eigenvalue weighted by molar-refractivity contribution is 6.18. The predicted molar refractivity (Wildman–Crippen MR) is 272 cm³/mol. The molecular weight excluding hydrogens is 773 g/mol. The number of para-hydroxylation sites is 1. The zero-order valence-electron chi connectivity index (χ0n) is 35.1. The summed E-state index contributed by atoms with van der Waals surface area (Å²) < 4.78 is 2.48. The van der Waals surface area contributed by atoms with Crippen LogP contribution in [0.3, 0.4) is 0 Å². The van der Waals surface area contributed by atoms with Crippen LogP contribution < -0.4 is 4.90 Å². The SMILES string of the molecule is c1ccc(-c2ccc(-c3ccc(N(c4ccc(-c5ccccc5)cc4)c4cccc(-c5cccc6c5c5ccccc5n6-c5cc6ccccc6c6ccccc56)c4)cc3)cc2)cc1. The van der Waals surface area contributed by atoms with Gasteiger partial charge >= 0.3 is 0 Å². The third kappa shape index (κ3) is 6.52. The average Bonchev–Trinajstić information content (AvgIpc) is 3.72. The van der Waals surface area contributed by atoms with Gasteiger partial charge in [-0.2, -0.15) is 0 Å². The van der Waals surface area contributed by atoms with Gasteiger partial charge in [0.05, 0.1) is 16.7 Å². The number of hydrogen-bond acceptors (Lipinski definition) is 1. The second-order valence-corrected chi connectivity index (χ2v) is 16.5. The number of hydrogen-bond donors (Lipinski definition) is 0. The van der Waals surface area contributed by atoms with E-state index < -0.39 is 0 Å². The van der Waals surface area contributed by atoms with Crippen molar-refractivity contribution in [3.8, 4) is 50.2 Å². The maximum Gasteiger partial charge on any atom is 0.0547 e. The topological polar surface area (TPSA) is 8.17 Å². The molecule has 0 saturated carbocycles. The van der Waals surface area contributed by atoms with E-state index in [1.165, 1.54) is 88.0 Å². The van der Waals surface area contributed by atoms with Gasteiger partial charge in [-0.05, 0) is 115 Å². The molecule has 0 aliphatic carbocycles. The fourth-order valence-electron chi connectivity index (χ4n) is 9.72. The molecule has 0 radical (unpaired) electrons. The third-order valence-corrected chi connectivity index (χ3v) is 12.8. The van der Waals surface area contributed by atoms with E-state index in [0.29, 0.717) is 0 Å². The molecule has 12 rings (SSSR count). The number of rotatable bonds is 8. The second-order valence-electron chi connectivity index (χ2n) is 16.5. The van der Waals surface area contributed by atoms with Gasteiger partial charge in [0.1, 0.15) is 0 Å². The number of benzene rings is 11. The minimum absolute atomic E-state index is 1.09. The van der Waals surface area contributed by atoms with E-state index in [9.17, 15) is 0 Å². The van der Waals surface area contributed by atoms with E-state index in [1.807, 2.05) is 0 Å². The van der Waals surface area contributed by atoms with Crippen molar-refractivity contribution >= 4 is 60.4 Å². The minimum atomic E-state index is 1.09. The molecule has 2 heteroatoms. The summed E-state index contributed by atoms with van der Waals surface area (Å²) in [7, 11) is 0. The molecule has 0 aliphatic heterocycles. The van der Waals surface area contributed by atoms with Crippen LogP contribution in [0.1, 0.15) is 0 Å². The lowest BCUT2D eigenvalue weighted by Crippen LogP contribution is -2.10. The number of fused-ring (bicyclic) bond motifs is 6. The molecule has 1 aromatic heterocycles. The largest absolute Gasteiger partial charge is 0.310 e. The van der Waals surface area contributed by atoms with E-state index in [-0.39, 0.29) is 0 Å². The van der Waals surface area contributed by atoms with Crippen molar-refractivity contribution in [1.82, 2.24) is 4.57 Å². The summed E-state index contributed by atoms with van der Waals surface area (Å²) in [6.45, 7) is 0. The molecule has 0 saturated heterocycles. The first kappa shape index (κ1) is 37.3. The van der Waals surface area contributed by atoms with E-state index in [1.54, 1.807) is 0 Å². The lowest BCUT2D eigenvalue weighted by atomic mass is 9.98. The summed E-state index contributed by atoms with van der Waals surface area (Å²) in [6, 6.07) is 92.6. The summed E-state index contributed by atoms with van der Waals surface area (Å²) in [6.07, 6.45) is 0. The summed E-state index contributed by atoms with van der Waals surface area (Å²) in [5, 5.41) is 7.48. The van der Waals surface area contributed by atoms with Crippen LogP contribution in [0.5, 0.6) is 0 Å². The highest BCUT2D eigenvalue weighted by atomic mass is 15.1. The Balaban J connectivity index is 0.988. The monoisotopic (exact) mass is 814 g/mol. The average molecular weight is 815 g/mol. The fourth-order valence-corrected chi connectivity index (χ4v) is 9.72. The molecule has 12 aromatic rings. The van der Waals surface area contributed by atoms with Crippen molar-refractivity contribution in [2.75, 3.05) is 4.90 Å². The van der Waals surface area contributed by atoms with Gasteiger partial charge in [0.2, 0.25) is 0 Å². The van der Waals surface area contributed by atoms with Crippen molar-refractivity contribution in [3.63, 3.8) is 0 Å². The molecule has 0 unspecified atom stereocenters. The van der Waals surface area contributed by atoms with Crippen LogP contribution in [0.4, 0.5) is 17.1 Å². The summed E-state index contributed by atoms with van der Waals surface area (Å²) >= 11 is 0. The minimum Gasteiger partial charge on any atom is -0.310 e. The predicted octanol–water partition coefficient (Wildman–Crippen LogP) is 17.2. The number of nitrogens with zero attached hydrogens (tertiary/aromatic N) is 2. The quantitative estimate of drug-likeness (QED) is 0.139. The van der Waals surface area contributed by atoms with Gasteiger partial charge in [0.25, 0.3) is 0 Å². The molecule has 64 heavy (non-hydrogen) atoms. The molecule has 2 nitrogen and oxygen atoms in total. The maximum absolute atomic E-state index is 2.48. The molecule has 0 aliphatic rings. The van der Waals surface area contributed by atoms with Crippen molar-refractivity contribution in [2.45, 2.75) is 0 Å². The Kier molecular flexibility index (Phi) is 9.20. The first-order valence-electron chi connectivity index (χ1n) is 22.0. The van der Waals surface area contributed by atoms with E-state index in [4.69, 9.17) is 0 Å². The molecule has 1 heterocycles. The van der Waals surface area contributed by atoms with Crippen molar-refractivity contribution < 1.29 is 0 Å². The highest BCUT2D eigenvalue weighted by Crippen LogP contribution is 2.43. The summed E-state index contributed by atoms with van der Waals surface area (Å²) in [5.74, 6) is 0. The molecule has 0 fully saturated rings. The van der Waals surface area contributed by atoms with Crippen LogP contribution in [0.15, 0.2) is 255 Å². The van der Waals surface area contributed by atoms with Crippen molar-refractivity contribution in [2.24, 2.45) is 0 Å². The number of anilines is 3. The zero-order chi connectivity index (χ0) is 42.4. The van der Waals surface area contributed by atoms with Gasteiger partial charge in [0.15, 0.2) is 0 Å². The molecule has 0 N–H and O–H groups in total. The highest BCUT2D eigenvalue weighted by Gasteiger charge is 2.20.